The number of carbonyl (C=O) groups is 1. The molecule has 2 aromatic rings. The van der Waals surface area contributed by atoms with Crippen molar-refractivity contribution in [3.05, 3.63) is 36.0 Å². The molecule has 1 aromatic carbocycles. The number of aromatic amines is 1. The van der Waals surface area contributed by atoms with Crippen molar-refractivity contribution in [1.29, 1.82) is 0 Å². The van der Waals surface area contributed by atoms with Gasteiger partial charge in [-0.2, -0.15) is 0 Å². The molecular weight excluding hydrogens is 272 g/mol. The van der Waals surface area contributed by atoms with Crippen molar-refractivity contribution in [2.75, 3.05) is 0 Å². The second kappa shape index (κ2) is 5.45. The summed E-state index contributed by atoms with van der Waals surface area (Å²) in [6, 6.07) is 8.48. The van der Waals surface area contributed by atoms with Crippen LogP contribution in [0.2, 0.25) is 0 Å². The van der Waals surface area contributed by atoms with E-state index in [1.54, 1.807) is 0 Å². The number of fused-ring (bicyclic) bond motifs is 3. The largest absolute Gasteiger partial charge is 0.361 e. The predicted octanol–water partition coefficient (Wildman–Crippen LogP) is 3.65. The highest BCUT2D eigenvalue weighted by Crippen LogP contribution is 2.49. The first kappa shape index (κ1) is 13.9. The van der Waals surface area contributed by atoms with E-state index >= 15 is 0 Å². The first-order valence-corrected chi connectivity index (χ1v) is 8.55. The molecule has 2 bridgehead atoms. The van der Waals surface area contributed by atoms with Gasteiger partial charge in [0.25, 0.3) is 0 Å². The van der Waals surface area contributed by atoms with Crippen LogP contribution in [-0.2, 0) is 11.2 Å². The molecule has 0 unspecified atom stereocenters. The van der Waals surface area contributed by atoms with E-state index in [2.05, 4.69) is 29.4 Å². The topological polar surface area (TPSA) is 44.9 Å². The number of hydrogen-bond acceptors (Lipinski definition) is 1. The first-order valence-electron chi connectivity index (χ1n) is 8.55. The number of carbonyl (C=O) groups excluding carboxylic acids is 1. The summed E-state index contributed by atoms with van der Waals surface area (Å²) in [6.07, 6.45) is 7.93. The number of H-pyrrole nitrogens is 1. The number of para-hydroxylation sites is 1. The Morgan fingerprint density at radius 1 is 1.32 bits per heavy atom. The molecule has 4 atom stereocenters. The molecular formula is C19H24N2O. The molecule has 0 saturated heterocycles. The fraction of sp³-hybridized carbons (Fsp3) is 0.526. The van der Waals surface area contributed by atoms with Gasteiger partial charge in [-0.05, 0) is 55.6 Å². The lowest BCUT2D eigenvalue weighted by Crippen LogP contribution is -2.40. The molecule has 3 nitrogen and oxygen atoms in total. The minimum absolute atomic E-state index is 0.153. The minimum Gasteiger partial charge on any atom is -0.361 e. The van der Waals surface area contributed by atoms with Crippen LogP contribution < -0.4 is 5.32 Å². The molecule has 2 saturated carbocycles. The Hall–Kier alpha value is -1.77. The maximum atomic E-state index is 12.4. The lowest BCUT2D eigenvalue weighted by Gasteiger charge is -2.28. The van der Waals surface area contributed by atoms with Gasteiger partial charge in [0.05, 0.1) is 6.42 Å². The van der Waals surface area contributed by atoms with Crippen molar-refractivity contribution >= 4 is 16.8 Å². The van der Waals surface area contributed by atoms with Crippen molar-refractivity contribution in [2.45, 2.75) is 45.1 Å². The van der Waals surface area contributed by atoms with Gasteiger partial charge in [0.15, 0.2) is 0 Å². The molecule has 0 spiro atoms. The van der Waals surface area contributed by atoms with Gasteiger partial charge in [-0.25, -0.2) is 0 Å². The third kappa shape index (κ3) is 2.43. The van der Waals surface area contributed by atoms with Gasteiger partial charge in [-0.15, -0.1) is 0 Å². The van der Waals surface area contributed by atoms with Gasteiger partial charge in [0, 0.05) is 23.1 Å². The number of aromatic nitrogens is 1. The van der Waals surface area contributed by atoms with Gasteiger partial charge in [0.1, 0.15) is 0 Å². The van der Waals surface area contributed by atoms with Gasteiger partial charge >= 0.3 is 0 Å². The summed E-state index contributed by atoms with van der Waals surface area (Å²) in [5.74, 6) is 2.64. The number of amides is 1. The summed E-state index contributed by atoms with van der Waals surface area (Å²) in [5.41, 5.74) is 2.19. The average molecular weight is 296 g/mol. The molecule has 116 valence electrons. The molecule has 1 heterocycles. The second-order valence-electron chi connectivity index (χ2n) is 7.23. The van der Waals surface area contributed by atoms with Crippen LogP contribution in [0.3, 0.4) is 0 Å². The quantitative estimate of drug-likeness (QED) is 0.888. The average Bonchev–Trinajstić information content (AvgIpc) is 3.22. The Balaban J connectivity index is 1.40. The van der Waals surface area contributed by atoms with Crippen molar-refractivity contribution in [1.82, 2.24) is 10.3 Å². The molecule has 2 aliphatic carbocycles. The van der Waals surface area contributed by atoms with Crippen LogP contribution >= 0.6 is 0 Å². The smallest absolute Gasteiger partial charge is 0.224 e. The third-order valence-corrected chi connectivity index (χ3v) is 5.85. The van der Waals surface area contributed by atoms with Crippen molar-refractivity contribution in [3.8, 4) is 0 Å². The maximum absolute atomic E-state index is 12.4. The van der Waals surface area contributed by atoms with Gasteiger partial charge < -0.3 is 10.3 Å². The Kier molecular flexibility index (Phi) is 3.44. The van der Waals surface area contributed by atoms with Gasteiger partial charge in [0.2, 0.25) is 5.91 Å². The number of rotatable bonds is 4. The zero-order chi connectivity index (χ0) is 15.1. The van der Waals surface area contributed by atoms with E-state index in [0.717, 1.165) is 28.3 Å². The van der Waals surface area contributed by atoms with E-state index in [4.69, 9.17) is 0 Å². The fourth-order valence-corrected chi connectivity index (χ4v) is 4.77. The highest BCUT2D eigenvalue weighted by Gasteiger charge is 2.42. The summed E-state index contributed by atoms with van der Waals surface area (Å²) in [7, 11) is 0. The van der Waals surface area contributed by atoms with E-state index in [1.165, 1.54) is 25.7 Å². The molecule has 2 fully saturated rings. The lowest BCUT2D eigenvalue weighted by molar-refractivity contribution is -0.121. The minimum atomic E-state index is 0.153. The maximum Gasteiger partial charge on any atom is 0.224 e. The van der Waals surface area contributed by atoms with Crippen LogP contribution in [0, 0.1) is 17.8 Å². The van der Waals surface area contributed by atoms with E-state index in [0.29, 0.717) is 18.4 Å². The zero-order valence-corrected chi connectivity index (χ0v) is 13.1. The molecule has 0 radical (unpaired) electrons. The van der Waals surface area contributed by atoms with Crippen molar-refractivity contribution < 1.29 is 4.79 Å². The van der Waals surface area contributed by atoms with Crippen molar-refractivity contribution in [3.63, 3.8) is 0 Å². The normalized spacial score (nSPS) is 28.1. The number of benzene rings is 1. The molecule has 2 N–H and O–H groups in total. The Morgan fingerprint density at radius 2 is 2.18 bits per heavy atom. The van der Waals surface area contributed by atoms with Crippen molar-refractivity contribution in [2.24, 2.45) is 17.8 Å². The highest BCUT2D eigenvalue weighted by molar-refractivity contribution is 5.88. The highest BCUT2D eigenvalue weighted by atomic mass is 16.1. The first-order chi connectivity index (χ1) is 10.7. The Bertz CT molecular complexity index is 690. The monoisotopic (exact) mass is 296 g/mol. The van der Waals surface area contributed by atoms with E-state index in [9.17, 15) is 4.79 Å². The molecule has 1 aromatic heterocycles. The van der Waals surface area contributed by atoms with Crippen LogP contribution in [0.5, 0.6) is 0 Å². The molecule has 4 rings (SSSR count). The molecule has 2 aliphatic rings. The summed E-state index contributed by atoms with van der Waals surface area (Å²) >= 11 is 0. The van der Waals surface area contributed by atoms with Gasteiger partial charge in [-0.1, -0.05) is 24.6 Å². The van der Waals surface area contributed by atoms with Crippen LogP contribution in [0.25, 0.3) is 10.9 Å². The zero-order valence-electron chi connectivity index (χ0n) is 13.1. The standard InChI is InChI=1S/C19H24N2O/c1-12(17-9-13-6-7-14(17)8-13)21-19(22)10-15-11-20-18-5-3-2-4-16(15)18/h2-5,11-14,17,20H,6-10H2,1H3,(H,21,22)/t12-,13-,14-,17-/m0/s1. The molecule has 3 heteroatoms. The lowest BCUT2D eigenvalue weighted by atomic mass is 9.84. The van der Waals surface area contributed by atoms with Crippen LogP contribution in [-0.4, -0.2) is 16.9 Å². The fourth-order valence-electron chi connectivity index (χ4n) is 4.77. The SMILES string of the molecule is C[C@H](NC(=O)Cc1c[nH]c2ccccc12)[C@@H]1C[C@H]2CC[C@H]1C2. The predicted molar refractivity (Wildman–Crippen MR) is 88.5 cm³/mol. The van der Waals surface area contributed by atoms with Crippen LogP contribution in [0.1, 0.15) is 38.2 Å². The van der Waals surface area contributed by atoms with E-state index < -0.39 is 0 Å². The Labute approximate surface area is 131 Å². The molecule has 1 amide bonds. The number of nitrogens with one attached hydrogen (secondary N) is 2. The van der Waals surface area contributed by atoms with Crippen LogP contribution in [0.15, 0.2) is 30.5 Å². The van der Waals surface area contributed by atoms with Gasteiger partial charge in [-0.3, -0.25) is 4.79 Å². The summed E-state index contributed by atoms with van der Waals surface area (Å²) in [4.78, 5) is 15.6. The summed E-state index contributed by atoms with van der Waals surface area (Å²) in [5, 5.41) is 4.41. The van der Waals surface area contributed by atoms with Crippen LogP contribution in [0.4, 0.5) is 0 Å². The van der Waals surface area contributed by atoms with E-state index in [-0.39, 0.29) is 5.91 Å². The summed E-state index contributed by atoms with van der Waals surface area (Å²) in [6.45, 7) is 2.19. The summed E-state index contributed by atoms with van der Waals surface area (Å²) < 4.78 is 0. The second-order valence-corrected chi connectivity index (χ2v) is 7.23. The molecule has 22 heavy (non-hydrogen) atoms. The number of hydrogen-bond donors (Lipinski definition) is 2. The Morgan fingerprint density at radius 3 is 2.95 bits per heavy atom. The third-order valence-electron chi connectivity index (χ3n) is 5.85. The van der Waals surface area contributed by atoms with E-state index in [1.807, 2.05) is 18.3 Å². The molecule has 0 aliphatic heterocycles.